The average Bonchev–Trinajstić information content (AvgIpc) is 2.78. The lowest BCUT2D eigenvalue weighted by Gasteiger charge is -2.11. The van der Waals surface area contributed by atoms with E-state index in [4.69, 9.17) is 21.1 Å². The van der Waals surface area contributed by atoms with Gasteiger partial charge in [0.15, 0.2) is 11.5 Å². The van der Waals surface area contributed by atoms with Crippen molar-refractivity contribution in [1.29, 1.82) is 0 Å². The van der Waals surface area contributed by atoms with E-state index in [9.17, 15) is 13.2 Å². The molecule has 0 unspecified atom stereocenters. The van der Waals surface area contributed by atoms with E-state index in [1.165, 1.54) is 18.2 Å². The van der Waals surface area contributed by atoms with E-state index in [-0.39, 0.29) is 16.5 Å². The summed E-state index contributed by atoms with van der Waals surface area (Å²) in [6, 6.07) is 17.8. The van der Waals surface area contributed by atoms with Gasteiger partial charge in [0.1, 0.15) is 0 Å². The number of ether oxygens (including phenoxy) is 2. The minimum absolute atomic E-state index is 0.0368. The average molecular weight is 475 g/mol. The Balaban J connectivity index is 1.63. The van der Waals surface area contributed by atoms with Crippen molar-refractivity contribution < 1.29 is 22.7 Å². The van der Waals surface area contributed by atoms with Crippen LogP contribution in [-0.2, 0) is 16.4 Å². The highest BCUT2D eigenvalue weighted by atomic mass is 35.5. The fourth-order valence-corrected chi connectivity index (χ4v) is 4.38. The van der Waals surface area contributed by atoms with Gasteiger partial charge in [-0.3, -0.25) is 9.52 Å². The highest BCUT2D eigenvalue weighted by Crippen LogP contribution is 2.27. The van der Waals surface area contributed by atoms with Crippen LogP contribution in [0.5, 0.6) is 11.5 Å². The Morgan fingerprint density at radius 3 is 2.41 bits per heavy atom. The number of anilines is 1. The fraction of sp³-hybridized carbons (Fsp3) is 0.174. The Bertz CT molecular complexity index is 1210. The summed E-state index contributed by atoms with van der Waals surface area (Å²) in [5, 5.41) is 3.15. The molecular weight excluding hydrogens is 452 g/mol. The molecule has 3 aromatic rings. The van der Waals surface area contributed by atoms with E-state index >= 15 is 0 Å². The molecule has 0 radical (unpaired) electrons. The predicted molar refractivity (Wildman–Crippen MR) is 124 cm³/mol. The maximum Gasteiger partial charge on any atom is 0.261 e. The normalized spacial score (nSPS) is 11.0. The molecule has 9 heteroatoms. The third-order valence-corrected chi connectivity index (χ3v) is 6.24. The number of hydrogen-bond donors (Lipinski definition) is 2. The molecule has 32 heavy (non-hydrogen) atoms. The summed E-state index contributed by atoms with van der Waals surface area (Å²) >= 11 is 5.89. The van der Waals surface area contributed by atoms with Crippen LogP contribution in [0.25, 0.3) is 0 Å². The van der Waals surface area contributed by atoms with Gasteiger partial charge in [-0.1, -0.05) is 29.8 Å². The number of hydrogen-bond acceptors (Lipinski definition) is 5. The molecule has 0 fully saturated rings. The first-order chi connectivity index (χ1) is 15.3. The number of methoxy groups -OCH3 is 2. The molecular formula is C23H23ClN2O5S. The summed E-state index contributed by atoms with van der Waals surface area (Å²) < 4.78 is 38.1. The molecule has 0 aliphatic heterocycles. The summed E-state index contributed by atoms with van der Waals surface area (Å²) in [6.07, 6.45) is 0.590. The summed E-state index contributed by atoms with van der Waals surface area (Å²) in [6.45, 7) is 0.396. The largest absolute Gasteiger partial charge is 0.493 e. The zero-order chi connectivity index (χ0) is 23.1. The number of carbonyl (C=O) groups is 1. The van der Waals surface area contributed by atoms with E-state index in [1.807, 2.05) is 18.2 Å². The minimum atomic E-state index is -3.83. The van der Waals surface area contributed by atoms with Crippen LogP contribution >= 0.6 is 11.6 Å². The van der Waals surface area contributed by atoms with E-state index in [1.54, 1.807) is 44.6 Å². The van der Waals surface area contributed by atoms with Gasteiger partial charge in [-0.15, -0.1) is 0 Å². The van der Waals surface area contributed by atoms with Gasteiger partial charge in [0.25, 0.3) is 15.9 Å². The molecule has 1 amide bonds. The van der Waals surface area contributed by atoms with Gasteiger partial charge in [0.2, 0.25) is 0 Å². The first-order valence-corrected chi connectivity index (χ1v) is 11.6. The van der Waals surface area contributed by atoms with Gasteiger partial charge in [-0.25, -0.2) is 8.42 Å². The number of amides is 1. The molecule has 0 aromatic heterocycles. The van der Waals surface area contributed by atoms with Crippen LogP contribution in [0.1, 0.15) is 15.9 Å². The molecule has 7 nitrogen and oxygen atoms in total. The fourth-order valence-electron chi connectivity index (χ4n) is 3.03. The first kappa shape index (κ1) is 23.4. The van der Waals surface area contributed by atoms with Crippen molar-refractivity contribution in [3.8, 4) is 11.5 Å². The smallest absolute Gasteiger partial charge is 0.261 e. The number of sulfonamides is 1. The molecule has 3 aromatic carbocycles. The number of benzene rings is 3. The Morgan fingerprint density at radius 2 is 1.69 bits per heavy atom. The monoisotopic (exact) mass is 474 g/mol. The van der Waals surface area contributed by atoms with E-state index in [0.717, 1.165) is 5.56 Å². The van der Waals surface area contributed by atoms with Crippen LogP contribution in [0.2, 0.25) is 5.02 Å². The molecule has 0 bridgehead atoms. The number of halogens is 1. The lowest BCUT2D eigenvalue weighted by atomic mass is 10.1. The number of rotatable bonds is 9. The summed E-state index contributed by atoms with van der Waals surface area (Å²) in [4.78, 5) is 12.6. The maximum absolute atomic E-state index is 12.6. The van der Waals surface area contributed by atoms with Crippen molar-refractivity contribution >= 4 is 33.2 Å². The zero-order valence-corrected chi connectivity index (χ0v) is 19.2. The third kappa shape index (κ3) is 5.93. The van der Waals surface area contributed by atoms with Crippen LogP contribution in [0.3, 0.4) is 0 Å². The molecule has 0 heterocycles. The molecule has 0 aliphatic rings. The Hall–Kier alpha value is -3.23. The topological polar surface area (TPSA) is 93.7 Å². The predicted octanol–water partition coefficient (Wildman–Crippen LogP) is 4.13. The second-order valence-electron chi connectivity index (χ2n) is 6.84. The molecule has 0 saturated heterocycles. The number of carbonyl (C=O) groups excluding carboxylic acids is 1. The molecule has 168 valence electrons. The van der Waals surface area contributed by atoms with Gasteiger partial charge in [-0.2, -0.15) is 0 Å². The van der Waals surface area contributed by atoms with Crippen molar-refractivity contribution in [3.05, 3.63) is 82.9 Å². The third-order valence-electron chi connectivity index (χ3n) is 4.63. The van der Waals surface area contributed by atoms with Gasteiger partial charge >= 0.3 is 0 Å². The lowest BCUT2D eigenvalue weighted by Crippen LogP contribution is -2.25. The van der Waals surface area contributed by atoms with E-state index < -0.39 is 10.0 Å². The minimum Gasteiger partial charge on any atom is -0.493 e. The van der Waals surface area contributed by atoms with Crippen LogP contribution in [-0.4, -0.2) is 35.1 Å². The Morgan fingerprint density at radius 1 is 0.938 bits per heavy atom. The summed E-state index contributed by atoms with van der Waals surface area (Å²) in [5.74, 6) is 0.947. The summed E-state index contributed by atoms with van der Waals surface area (Å²) in [7, 11) is -0.695. The van der Waals surface area contributed by atoms with E-state index in [0.29, 0.717) is 35.1 Å². The first-order valence-electron chi connectivity index (χ1n) is 9.70. The quantitative estimate of drug-likeness (QED) is 0.486. The lowest BCUT2D eigenvalue weighted by molar-refractivity contribution is 0.0954. The highest BCUT2D eigenvalue weighted by molar-refractivity contribution is 7.92. The second kappa shape index (κ2) is 10.4. The van der Waals surface area contributed by atoms with Crippen molar-refractivity contribution in [3.63, 3.8) is 0 Å². The Labute approximate surface area is 192 Å². The van der Waals surface area contributed by atoms with Crippen molar-refractivity contribution in [2.24, 2.45) is 0 Å². The van der Waals surface area contributed by atoms with Crippen molar-refractivity contribution in [2.45, 2.75) is 11.3 Å². The molecule has 0 spiro atoms. The highest BCUT2D eigenvalue weighted by Gasteiger charge is 2.15. The van der Waals surface area contributed by atoms with Crippen molar-refractivity contribution in [2.75, 3.05) is 25.5 Å². The van der Waals surface area contributed by atoms with Crippen LogP contribution in [0.15, 0.2) is 71.6 Å². The van der Waals surface area contributed by atoms with Crippen LogP contribution < -0.4 is 19.5 Å². The molecule has 2 N–H and O–H groups in total. The summed E-state index contributed by atoms with van der Waals surface area (Å²) in [5.41, 5.74) is 1.59. The maximum atomic E-state index is 12.6. The van der Waals surface area contributed by atoms with Crippen LogP contribution in [0, 0.1) is 0 Å². The molecule has 0 aliphatic carbocycles. The number of nitrogens with one attached hydrogen (secondary N) is 2. The van der Waals surface area contributed by atoms with Gasteiger partial charge < -0.3 is 14.8 Å². The second-order valence-corrected chi connectivity index (χ2v) is 8.96. The Kier molecular flexibility index (Phi) is 7.61. The molecule has 3 rings (SSSR count). The van der Waals surface area contributed by atoms with Crippen LogP contribution in [0.4, 0.5) is 5.69 Å². The standard InChI is InChI=1S/C23H23ClN2O5S/c1-30-21-10-9-16(13-22(21)31-2)11-12-25-23(27)17-5-3-7-19(14-17)26-32(28,29)20-8-4-6-18(24)15-20/h3-10,13-15,26H,11-12H2,1-2H3,(H,25,27). The van der Waals surface area contributed by atoms with Gasteiger partial charge in [0.05, 0.1) is 19.1 Å². The van der Waals surface area contributed by atoms with Gasteiger partial charge in [0, 0.05) is 22.8 Å². The molecule has 0 atom stereocenters. The van der Waals surface area contributed by atoms with Crippen molar-refractivity contribution in [1.82, 2.24) is 5.32 Å². The zero-order valence-electron chi connectivity index (χ0n) is 17.6. The van der Waals surface area contributed by atoms with E-state index in [2.05, 4.69) is 10.0 Å². The SMILES string of the molecule is COc1ccc(CCNC(=O)c2cccc(NS(=O)(=O)c3cccc(Cl)c3)c2)cc1OC. The molecule has 0 saturated carbocycles. The van der Waals surface area contributed by atoms with Gasteiger partial charge in [-0.05, 0) is 60.5 Å².